The molecule has 0 aliphatic rings. The van der Waals surface area contributed by atoms with Crippen LogP contribution in [0.25, 0.3) is 11.1 Å². The third kappa shape index (κ3) is 5.38. The number of hydrogen-bond acceptors (Lipinski definition) is 5. The number of hydrogen-bond donors (Lipinski definition) is 2. The summed E-state index contributed by atoms with van der Waals surface area (Å²) in [5, 5.41) is 12.5. The van der Waals surface area contributed by atoms with Gasteiger partial charge in [-0.2, -0.15) is 13.2 Å². The van der Waals surface area contributed by atoms with Gasteiger partial charge in [-0.25, -0.2) is 9.97 Å². The predicted molar refractivity (Wildman–Crippen MR) is 105 cm³/mol. The molecule has 0 saturated carbocycles. The number of ether oxygens (including phenoxy) is 1. The lowest BCUT2D eigenvalue weighted by molar-refractivity contribution is -0.154. The molecule has 1 aromatic carbocycles. The van der Waals surface area contributed by atoms with E-state index in [-0.39, 0.29) is 28.6 Å². The fourth-order valence-corrected chi connectivity index (χ4v) is 2.69. The molecule has 0 aliphatic carbocycles. The number of carbonyl (C=O) groups is 1. The number of rotatable bonds is 5. The first-order chi connectivity index (χ1) is 14.1. The van der Waals surface area contributed by atoms with Crippen molar-refractivity contribution in [3.05, 3.63) is 64.9 Å². The van der Waals surface area contributed by atoms with Crippen LogP contribution in [0.15, 0.2) is 48.8 Å². The van der Waals surface area contributed by atoms with Crippen LogP contribution in [0.1, 0.15) is 15.9 Å². The number of nitrogens with one attached hydrogen (secondary N) is 1. The van der Waals surface area contributed by atoms with Crippen LogP contribution in [0.2, 0.25) is 5.02 Å². The van der Waals surface area contributed by atoms with E-state index in [0.717, 1.165) is 0 Å². The van der Waals surface area contributed by atoms with Crippen LogP contribution in [0.3, 0.4) is 0 Å². The van der Waals surface area contributed by atoms with E-state index in [1.807, 2.05) is 0 Å². The summed E-state index contributed by atoms with van der Waals surface area (Å²) >= 11 is 6.03. The molecule has 3 aromatic rings. The van der Waals surface area contributed by atoms with Gasteiger partial charge in [0.1, 0.15) is 0 Å². The lowest BCUT2D eigenvalue weighted by Crippen LogP contribution is -2.20. The topological polar surface area (TPSA) is 84.3 Å². The van der Waals surface area contributed by atoms with Crippen LogP contribution < -0.4 is 10.1 Å². The first-order valence-electron chi connectivity index (χ1n) is 8.55. The van der Waals surface area contributed by atoms with Crippen molar-refractivity contribution in [2.24, 2.45) is 0 Å². The molecule has 0 spiro atoms. The molecular formula is C20H15ClF3N3O3. The average Bonchev–Trinajstić information content (AvgIpc) is 2.68. The van der Waals surface area contributed by atoms with Crippen molar-refractivity contribution in [3.8, 4) is 22.9 Å². The highest BCUT2D eigenvalue weighted by molar-refractivity contribution is 6.31. The molecule has 2 heterocycles. The standard InChI is InChI=1S/C20H15ClF3N3O3/c1-11-6-12(2-3-16(11)21)15-8-14(9-26-19(15)30-10-20(22,23)24)27-18(29)13-4-5-25-17(28)7-13/h2-9H,10H2,1H3,(H,25,28)(H,27,29). The normalized spacial score (nSPS) is 11.2. The molecule has 0 bridgehead atoms. The Labute approximate surface area is 174 Å². The van der Waals surface area contributed by atoms with Crippen LogP contribution in [0, 0.1) is 6.92 Å². The van der Waals surface area contributed by atoms with Crippen molar-refractivity contribution < 1.29 is 27.8 Å². The Morgan fingerprint density at radius 2 is 1.97 bits per heavy atom. The molecule has 3 rings (SSSR count). The number of aromatic hydroxyl groups is 1. The van der Waals surface area contributed by atoms with Gasteiger partial charge in [0.25, 0.3) is 5.91 Å². The van der Waals surface area contributed by atoms with Crippen LogP contribution in [0.4, 0.5) is 18.9 Å². The van der Waals surface area contributed by atoms with Crippen LogP contribution in [0.5, 0.6) is 11.8 Å². The van der Waals surface area contributed by atoms with Gasteiger partial charge in [-0.1, -0.05) is 17.7 Å². The number of alkyl halides is 3. The minimum Gasteiger partial charge on any atom is -0.493 e. The molecule has 2 N–H and O–H groups in total. The van der Waals surface area contributed by atoms with Crippen LogP contribution in [-0.2, 0) is 0 Å². The average molecular weight is 438 g/mol. The Morgan fingerprint density at radius 1 is 1.20 bits per heavy atom. The SMILES string of the molecule is Cc1cc(-c2cc(NC(=O)c3ccnc(O)c3)cnc2OCC(F)(F)F)ccc1Cl. The number of halogens is 4. The summed E-state index contributed by atoms with van der Waals surface area (Å²) < 4.78 is 42.7. The third-order valence-electron chi connectivity index (χ3n) is 3.96. The number of benzene rings is 1. The van der Waals surface area contributed by atoms with Gasteiger partial charge in [0.15, 0.2) is 6.61 Å². The minimum atomic E-state index is -4.54. The van der Waals surface area contributed by atoms with E-state index in [1.54, 1.807) is 25.1 Å². The number of aromatic nitrogens is 2. The Morgan fingerprint density at radius 3 is 2.63 bits per heavy atom. The van der Waals surface area contributed by atoms with Gasteiger partial charge in [0.2, 0.25) is 11.8 Å². The summed E-state index contributed by atoms with van der Waals surface area (Å²) in [5.74, 6) is -1.13. The molecule has 0 atom stereocenters. The molecule has 1 amide bonds. The van der Waals surface area contributed by atoms with Crippen molar-refractivity contribution in [2.75, 3.05) is 11.9 Å². The number of nitrogens with zero attached hydrogens (tertiary/aromatic N) is 2. The Kier molecular flexibility index (Phi) is 6.12. The molecular weight excluding hydrogens is 423 g/mol. The van der Waals surface area contributed by atoms with Gasteiger partial charge in [0, 0.05) is 28.4 Å². The fraction of sp³-hybridized carbons (Fsp3) is 0.150. The van der Waals surface area contributed by atoms with E-state index in [9.17, 15) is 23.1 Å². The van der Waals surface area contributed by atoms with Crippen molar-refractivity contribution in [1.82, 2.24) is 9.97 Å². The van der Waals surface area contributed by atoms with Crippen molar-refractivity contribution in [1.29, 1.82) is 0 Å². The van der Waals surface area contributed by atoms with E-state index in [0.29, 0.717) is 16.1 Å². The van der Waals surface area contributed by atoms with E-state index in [2.05, 4.69) is 15.3 Å². The second-order valence-electron chi connectivity index (χ2n) is 6.30. The molecule has 6 nitrogen and oxygen atoms in total. The third-order valence-corrected chi connectivity index (χ3v) is 4.38. The van der Waals surface area contributed by atoms with E-state index in [4.69, 9.17) is 16.3 Å². The highest BCUT2D eigenvalue weighted by Crippen LogP contribution is 2.33. The molecule has 10 heteroatoms. The summed E-state index contributed by atoms with van der Waals surface area (Å²) in [7, 11) is 0. The Hall–Kier alpha value is -3.33. The van der Waals surface area contributed by atoms with Crippen molar-refractivity contribution in [3.63, 3.8) is 0 Å². The molecule has 0 fully saturated rings. The second-order valence-corrected chi connectivity index (χ2v) is 6.71. The fourth-order valence-electron chi connectivity index (χ4n) is 2.57. The molecule has 0 unspecified atom stereocenters. The van der Waals surface area contributed by atoms with Gasteiger partial charge in [-0.3, -0.25) is 4.79 Å². The van der Waals surface area contributed by atoms with Crippen LogP contribution in [-0.4, -0.2) is 33.8 Å². The maximum absolute atomic E-state index is 12.6. The highest BCUT2D eigenvalue weighted by atomic mass is 35.5. The summed E-state index contributed by atoms with van der Waals surface area (Å²) in [6.07, 6.45) is -2.10. The molecule has 0 saturated heterocycles. The van der Waals surface area contributed by atoms with Gasteiger partial charge in [0.05, 0.1) is 11.9 Å². The van der Waals surface area contributed by atoms with Gasteiger partial charge < -0.3 is 15.2 Å². The number of aryl methyl sites for hydroxylation is 1. The minimum absolute atomic E-state index is 0.142. The first-order valence-corrected chi connectivity index (χ1v) is 8.93. The van der Waals surface area contributed by atoms with E-state index in [1.165, 1.54) is 30.6 Å². The summed E-state index contributed by atoms with van der Waals surface area (Å²) in [6, 6.07) is 8.90. The number of anilines is 1. The molecule has 2 aromatic heterocycles. The zero-order valence-corrected chi connectivity index (χ0v) is 16.3. The van der Waals surface area contributed by atoms with Gasteiger partial charge in [-0.15, -0.1) is 0 Å². The van der Waals surface area contributed by atoms with Gasteiger partial charge >= 0.3 is 6.18 Å². The molecule has 0 radical (unpaired) electrons. The van der Waals surface area contributed by atoms with Crippen molar-refractivity contribution >= 4 is 23.2 Å². The Bertz CT molecular complexity index is 1090. The molecule has 156 valence electrons. The number of amides is 1. The van der Waals surface area contributed by atoms with Crippen molar-refractivity contribution in [2.45, 2.75) is 13.1 Å². The zero-order valence-electron chi connectivity index (χ0n) is 15.5. The second kappa shape index (κ2) is 8.58. The van der Waals surface area contributed by atoms with E-state index < -0.39 is 18.7 Å². The summed E-state index contributed by atoms with van der Waals surface area (Å²) in [5.41, 5.74) is 1.83. The molecule has 30 heavy (non-hydrogen) atoms. The lowest BCUT2D eigenvalue weighted by atomic mass is 10.0. The quantitative estimate of drug-likeness (QED) is 0.586. The number of carbonyl (C=O) groups excluding carboxylic acids is 1. The lowest BCUT2D eigenvalue weighted by Gasteiger charge is -2.15. The summed E-state index contributed by atoms with van der Waals surface area (Å²) in [6.45, 7) is 0.235. The molecule has 0 aliphatic heterocycles. The number of pyridine rings is 2. The largest absolute Gasteiger partial charge is 0.493 e. The maximum Gasteiger partial charge on any atom is 0.422 e. The highest BCUT2D eigenvalue weighted by Gasteiger charge is 2.29. The first kappa shape index (κ1) is 21.4. The summed E-state index contributed by atoms with van der Waals surface area (Å²) in [4.78, 5) is 19.9. The predicted octanol–water partition coefficient (Wildman–Crippen LogP) is 5.00. The van der Waals surface area contributed by atoms with Gasteiger partial charge in [-0.05, 0) is 42.3 Å². The smallest absolute Gasteiger partial charge is 0.422 e. The van der Waals surface area contributed by atoms with E-state index >= 15 is 0 Å². The maximum atomic E-state index is 12.6. The Balaban J connectivity index is 1.95. The monoisotopic (exact) mass is 437 g/mol. The zero-order chi connectivity index (χ0) is 21.9. The van der Waals surface area contributed by atoms with Crippen LogP contribution >= 0.6 is 11.6 Å².